The first-order chi connectivity index (χ1) is 9.28. The molecule has 2 aromatic rings. The smallest absolute Gasteiger partial charge is 0.255 e. The zero-order valence-corrected chi connectivity index (χ0v) is 11.3. The molecule has 0 unspecified atom stereocenters. The van der Waals surface area contributed by atoms with Gasteiger partial charge in [0.25, 0.3) is 5.56 Å². The Balaban J connectivity index is 2.05. The number of thioether (sulfide) groups is 1. The molecule has 3 rings (SSSR count). The van der Waals surface area contributed by atoms with Crippen LogP contribution in [0.4, 0.5) is 0 Å². The predicted octanol–water partition coefficient (Wildman–Crippen LogP) is 1.68. The van der Waals surface area contributed by atoms with E-state index >= 15 is 0 Å². The summed E-state index contributed by atoms with van der Waals surface area (Å²) in [5, 5.41) is 0. The first-order valence-corrected chi connectivity index (χ1v) is 7.42. The van der Waals surface area contributed by atoms with Crippen molar-refractivity contribution in [3.63, 3.8) is 0 Å². The molecule has 1 aromatic heterocycles. The fourth-order valence-corrected chi connectivity index (χ4v) is 3.16. The van der Waals surface area contributed by atoms with Gasteiger partial charge in [0, 0.05) is 23.4 Å². The second-order valence-electron chi connectivity index (χ2n) is 4.54. The number of nitrogens with one attached hydrogen (secondary N) is 1. The summed E-state index contributed by atoms with van der Waals surface area (Å²) in [6.07, 6.45) is 0.873. The minimum absolute atomic E-state index is 0.00454. The van der Waals surface area contributed by atoms with Crippen LogP contribution in [0.2, 0.25) is 0 Å². The van der Waals surface area contributed by atoms with E-state index in [2.05, 4.69) is 9.97 Å². The maximum absolute atomic E-state index is 12.1. The lowest BCUT2D eigenvalue weighted by atomic mass is 10.1. The number of hydrogen-bond donors (Lipinski definition) is 2. The summed E-state index contributed by atoms with van der Waals surface area (Å²) in [7, 11) is 0. The van der Waals surface area contributed by atoms with Gasteiger partial charge in [-0.1, -0.05) is 24.3 Å². The number of benzene rings is 1. The van der Waals surface area contributed by atoms with Crippen LogP contribution in [-0.2, 0) is 18.7 Å². The summed E-state index contributed by atoms with van der Waals surface area (Å²) in [5.41, 5.74) is 9.35. The van der Waals surface area contributed by atoms with E-state index in [4.69, 9.17) is 5.73 Å². The van der Waals surface area contributed by atoms with Crippen molar-refractivity contribution in [1.29, 1.82) is 0 Å². The Bertz CT molecular complexity index is 649. The summed E-state index contributed by atoms with van der Waals surface area (Å²) in [6.45, 7) is 0.519. The molecule has 5 heteroatoms. The fraction of sp³-hybridized carbons (Fsp3) is 0.286. The lowest BCUT2D eigenvalue weighted by Crippen LogP contribution is -2.21. The van der Waals surface area contributed by atoms with Crippen LogP contribution in [0.3, 0.4) is 0 Å². The van der Waals surface area contributed by atoms with Crippen molar-refractivity contribution in [3.8, 4) is 11.4 Å². The summed E-state index contributed by atoms with van der Waals surface area (Å²) < 4.78 is 0. The number of nitrogens with two attached hydrogens (primary N) is 1. The molecule has 0 saturated carbocycles. The first kappa shape index (κ1) is 12.4. The highest BCUT2D eigenvalue weighted by Gasteiger charge is 2.16. The van der Waals surface area contributed by atoms with Gasteiger partial charge in [-0.05, 0) is 17.7 Å². The largest absolute Gasteiger partial charge is 0.326 e. The highest BCUT2D eigenvalue weighted by atomic mass is 32.2. The third kappa shape index (κ3) is 2.43. The zero-order chi connectivity index (χ0) is 13.2. The van der Waals surface area contributed by atoms with Crippen LogP contribution in [0.1, 0.15) is 16.8 Å². The molecule has 1 aliphatic heterocycles. The van der Waals surface area contributed by atoms with E-state index in [1.165, 1.54) is 0 Å². The second kappa shape index (κ2) is 5.19. The van der Waals surface area contributed by atoms with Crippen LogP contribution in [-0.4, -0.2) is 15.7 Å². The van der Waals surface area contributed by atoms with Crippen molar-refractivity contribution in [1.82, 2.24) is 9.97 Å². The zero-order valence-electron chi connectivity index (χ0n) is 10.5. The normalized spacial score (nSPS) is 14.2. The van der Waals surface area contributed by atoms with Crippen molar-refractivity contribution in [2.24, 2.45) is 5.73 Å². The average molecular weight is 273 g/mol. The number of fused-ring (bicyclic) bond motifs is 1. The molecular weight excluding hydrogens is 258 g/mol. The molecule has 1 aliphatic rings. The Hall–Kier alpha value is -1.59. The molecule has 0 radical (unpaired) electrons. The van der Waals surface area contributed by atoms with Gasteiger partial charge in [-0.25, -0.2) is 4.98 Å². The van der Waals surface area contributed by atoms with Gasteiger partial charge in [0.1, 0.15) is 5.82 Å². The molecule has 1 aromatic carbocycles. The second-order valence-corrected chi connectivity index (χ2v) is 5.65. The van der Waals surface area contributed by atoms with Crippen molar-refractivity contribution >= 4 is 11.8 Å². The van der Waals surface area contributed by atoms with Crippen LogP contribution in [0.15, 0.2) is 29.1 Å². The van der Waals surface area contributed by atoms with E-state index in [1.807, 2.05) is 24.3 Å². The Morgan fingerprint density at radius 2 is 2.11 bits per heavy atom. The molecule has 0 aliphatic carbocycles. The lowest BCUT2D eigenvalue weighted by Gasteiger charge is -2.14. The highest BCUT2D eigenvalue weighted by molar-refractivity contribution is 7.98. The van der Waals surface area contributed by atoms with Crippen LogP contribution in [0.5, 0.6) is 0 Å². The molecule has 0 saturated heterocycles. The number of nitrogens with zero attached hydrogens (tertiary/aromatic N) is 1. The Morgan fingerprint density at radius 1 is 1.32 bits per heavy atom. The van der Waals surface area contributed by atoms with Gasteiger partial charge >= 0.3 is 0 Å². The number of aromatic amines is 1. The maximum atomic E-state index is 12.1. The van der Waals surface area contributed by atoms with Crippen molar-refractivity contribution in [2.75, 3.05) is 5.75 Å². The molecule has 19 heavy (non-hydrogen) atoms. The van der Waals surface area contributed by atoms with E-state index in [-0.39, 0.29) is 5.56 Å². The van der Waals surface area contributed by atoms with Crippen molar-refractivity contribution < 1.29 is 0 Å². The van der Waals surface area contributed by atoms with Crippen LogP contribution in [0.25, 0.3) is 11.4 Å². The van der Waals surface area contributed by atoms with Crippen molar-refractivity contribution in [3.05, 3.63) is 51.4 Å². The molecule has 0 spiro atoms. The standard InChI is InChI=1S/C14H15N3OS/c15-7-9-1-3-10(4-2-9)13-16-12-5-6-19-8-11(12)14(18)17-13/h1-4H,5-8,15H2,(H,16,17,18). The van der Waals surface area contributed by atoms with Crippen LogP contribution >= 0.6 is 11.8 Å². The van der Waals surface area contributed by atoms with E-state index in [0.29, 0.717) is 12.4 Å². The minimum atomic E-state index is -0.00454. The summed E-state index contributed by atoms with van der Waals surface area (Å²) in [5.74, 6) is 2.46. The topological polar surface area (TPSA) is 71.8 Å². The SMILES string of the molecule is NCc1ccc(-c2nc3c(c(=O)[nH]2)CSCC3)cc1. The third-order valence-electron chi connectivity index (χ3n) is 3.29. The summed E-state index contributed by atoms with van der Waals surface area (Å²) in [4.78, 5) is 19.5. The van der Waals surface area contributed by atoms with Crippen LogP contribution < -0.4 is 11.3 Å². The minimum Gasteiger partial charge on any atom is -0.326 e. The van der Waals surface area contributed by atoms with E-state index in [9.17, 15) is 4.79 Å². The molecule has 4 nitrogen and oxygen atoms in total. The van der Waals surface area contributed by atoms with Crippen LogP contribution in [0, 0.1) is 0 Å². The molecule has 0 amide bonds. The first-order valence-electron chi connectivity index (χ1n) is 6.27. The molecular formula is C14H15N3OS. The third-order valence-corrected chi connectivity index (χ3v) is 4.28. The highest BCUT2D eigenvalue weighted by Crippen LogP contribution is 2.22. The van der Waals surface area contributed by atoms with Gasteiger partial charge in [-0.2, -0.15) is 11.8 Å². The number of hydrogen-bond acceptors (Lipinski definition) is 4. The summed E-state index contributed by atoms with van der Waals surface area (Å²) >= 11 is 1.78. The molecule has 0 atom stereocenters. The molecule has 98 valence electrons. The van der Waals surface area contributed by atoms with Gasteiger partial charge in [0.15, 0.2) is 0 Å². The number of rotatable bonds is 2. The van der Waals surface area contributed by atoms with E-state index < -0.39 is 0 Å². The fourth-order valence-electron chi connectivity index (χ4n) is 2.18. The number of aromatic nitrogens is 2. The Labute approximate surface area is 115 Å². The monoisotopic (exact) mass is 273 g/mol. The average Bonchev–Trinajstić information content (AvgIpc) is 2.47. The number of H-pyrrole nitrogens is 1. The van der Waals surface area contributed by atoms with E-state index in [0.717, 1.165) is 40.3 Å². The molecule has 0 bridgehead atoms. The predicted molar refractivity (Wildman–Crippen MR) is 78.1 cm³/mol. The van der Waals surface area contributed by atoms with Gasteiger partial charge in [-0.3, -0.25) is 4.79 Å². The molecule has 2 heterocycles. The Kier molecular flexibility index (Phi) is 3.40. The summed E-state index contributed by atoms with van der Waals surface area (Å²) in [6, 6.07) is 7.82. The van der Waals surface area contributed by atoms with Gasteiger partial charge < -0.3 is 10.7 Å². The molecule has 3 N–H and O–H groups in total. The van der Waals surface area contributed by atoms with Gasteiger partial charge in [0.2, 0.25) is 0 Å². The van der Waals surface area contributed by atoms with Gasteiger partial charge in [0.05, 0.1) is 5.69 Å². The van der Waals surface area contributed by atoms with Gasteiger partial charge in [-0.15, -0.1) is 0 Å². The Morgan fingerprint density at radius 3 is 2.84 bits per heavy atom. The van der Waals surface area contributed by atoms with Crippen molar-refractivity contribution in [2.45, 2.75) is 18.7 Å². The van der Waals surface area contributed by atoms with E-state index in [1.54, 1.807) is 11.8 Å². The maximum Gasteiger partial charge on any atom is 0.255 e. The number of aryl methyl sites for hydroxylation is 1. The quantitative estimate of drug-likeness (QED) is 0.873. The lowest BCUT2D eigenvalue weighted by molar-refractivity contribution is 0.938. The molecule has 0 fully saturated rings.